The molecule has 0 spiro atoms. The summed E-state index contributed by atoms with van der Waals surface area (Å²) in [5, 5.41) is 6.73. The van der Waals surface area contributed by atoms with Gasteiger partial charge in [-0.05, 0) is 25.1 Å². The van der Waals surface area contributed by atoms with Gasteiger partial charge in [0.25, 0.3) is 0 Å². The lowest BCUT2D eigenvalue weighted by atomic mass is 10.2. The molecule has 8 heteroatoms. The number of pyridine rings is 1. The van der Waals surface area contributed by atoms with Crippen LogP contribution >= 0.6 is 23.7 Å². The average molecular weight is 365 g/mol. The van der Waals surface area contributed by atoms with Crippen molar-refractivity contribution >= 4 is 40.7 Å². The smallest absolute Gasteiger partial charge is 0.347 e. The van der Waals surface area contributed by atoms with Crippen LogP contribution in [0, 0.1) is 6.92 Å². The molecule has 1 saturated heterocycles. The van der Waals surface area contributed by atoms with Gasteiger partial charge in [0.05, 0.1) is 5.56 Å². The Morgan fingerprint density at radius 2 is 2.04 bits per heavy atom. The van der Waals surface area contributed by atoms with Crippen molar-refractivity contribution in [2.75, 3.05) is 31.1 Å². The molecule has 0 bridgehead atoms. The third-order valence-corrected chi connectivity index (χ3v) is 4.87. The minimum absolute atomic E-state index is 0. The van der Waals surface area contributed by atoms with Crippen molar-refractivity contribution in [1.29, 1.82) is 0 Å². The molecule has 0 unspecified atom stereocenters. The van der Waals surface area contributed by atoms with E-state index in [2.05, 4.69) is 20.2 Å². The standard InChI is InChI=1S/C16H16N4O2S.ClH/c1-10-9-23-15(18-10)12-8-11-2-3-13(19-14(11)22-16(12)21)20-6-4-17-5-7-20;/h2-3,8-9,17H,4-7H2,1H3;1H. The van der Waals surface area contributed by atoms with E-state index in [4.69, 9.17) is 4.42 Å². The van der Waals surface area contributed by atoms with Gasteiger partial charge >= 0.3 is 5.63 Å². The van der Waals surface area contributed by atoms with Crippen molar-refractivity contribution in [3.8, 4) is 10.6 Å². The van der Waals surface area contributed by atoms with Crippen LogP contribution in [-0.4, -0.2) is 36.1 Å². The van der Waals surface area contributed by atoms with Crippen molar-refractivity contribution in [3.05, 3.63) is 39.7 Å². The van der Waals surface area contributed by atoms with E-state index < -0.39 is 5.63 Å². The molecular formula is C16H17ClN4O2S. The van der Waals surface area contributed by atoms with E-state index >= 15 is 0 Å². The summed E-state index contributed by atoms with van der Waals surface area (Å²) in [4.78, 5) is 23.3. The summed E-state index contributed by atoms with van der Waals surface area (Å²) in [7, 11) is 0. The number of thiazole rings is 1. The first-order valence-electron chi connectivity index (χ1n) is 7.54. The summed E-state index contributed by atoms with van der Waals surface area (Å²) < 4.78 is 5.45. The average Bonchev–Trinajstić information content (AvgIpc) is 3.01. The zero-order chi connectivity index (χ0) is 15.8. The second-order valence-electron chi connectivity index (χ2n) is 5.54. The summed E-state index contributed by atoms with van der Waals surface area (Å²) >= 11 is 1.44. The molecule has 0 atom stereocenters. The topological polar surface area (TPSA) is 71.3 Å². The molecule has 1 aliphatic rings. The van der Waals surface area contributed by atoms with Crippen LogP contribution < -0.4 is 15.8 Å². The summed E-state index contributed by atoms with van der Waals surface area (Å²) in [5.41, 5.74) is 1.38. The highest BCUT2D eigenvalue weighted by atomic mass is 35.5. The van der Waals surface area contributed by atoms with Gasteiger partial charge in [0, 0.05) is 42.6 Å². The number of aryl methyl sites for hydroxylation is 1. The monoisotopic (exact) mass is 364 g/mol. The van der Waals surface area contributed by atoms with Crippen molar-refractivity contribution in [1.82, 2.24) is 15.3 Å². The Hall–Kier alpha value is -1.96. The number of fused-ring (bicyclic) bond motifs is 1. The van der Waals surface area contributed by atoms with Crippen LogP contribution in [0.4, 0.5) is 5.82 Å². The number of anilines is 1. The van der Waals surface area contributed by atoms with E-state index in [0.29, 0.717) is 16.3 Å². The largest absolute Gasteiger partial charge is 0.403 e. The molecule has 1 fully saturated rings. The number of hydrogen-bond acceptors (Lipinski definition) is 7. The van der Waals surface area contributed by atoms with Gasteiger partial charge in [0.1, 0.15) is 10.8 Å². The number of hydrogen-bond donors (Lipinski definition) is 1. The Morgan fingerprint density at radius 3 is 2.75 bits per heavy atom. The Balaban J connectivity index is 0.00000169. The van der Waals surface area contributed by atoms with Crippen LogP contribution in [0.25, 0.3) is 21.7 Å². The SMILES string of the molecule is Cc1csc(-c2cc3ccc(N4CCNCC4)nc3oc2=O)n1.Cl. The molecule has 24 heavy (non-hydrogen) atoms. The Bertz CT molecular complexity index is 918. The Kier molecular flexibility index (Phi) is 4.84. The van der Waals surface area contributed by atoms with E-state index in [-0.39, 0.29) is 12.4 Å². The predicted molar refractivity (Wildman–Crippen MR) is 98.5 cm³/mol. The van der Waals surface area contributed by atoms with Gasteiger partial charge in [-0.2, -0.15) is 4.98 Å². The zero-order valence-corrected chi connectivity index (χ0v) is 14.7. The molecule has 6 nitrogen and oxygen atoms in total. The van der Waals surface area contributed by atoms with Crippen molar-refractivity contribution < 1.29 is 4.42 Å². The highest BCUT2D eigenvalue weighted by Gasteiger charge is 2.15. The lowest BCUT2D eigenvalue weighted by molar-refractivity contribution is 0.548. The number of halogens is 1. The van der Waals surface area contributed by atoms with Crippen molar-refractivity contribution in [3.63, 3.8) is 0 Å². The Labute approximate surface area is 148 Å². The first kappa shape index (κ1) is 16.9. The number of rotatable bonds is 2. The number of aromatic nitrogens is 2. The second kappa shape index (κ2) is 6.88. The summed E-state index contributed by atoms with van der Waals surface area (Å²) in [5.74, 6) is 0.847. The first-order chi connectivity index (χ1) is 11.2. The molecule has 1 N–H and O–H groups in total. The van der Waals surface area contributed by atoms with Gasteiger partial charge in [0.15, 0.2) is 0 Å². The highest BCUT2D eigenvalue weighted by molar-refractivity contribution is 7.13. The minimum Gasteiger partial charge on any atom is -0.403 e. The van der Waals surface area contributed by atoms with Crippen molar-refractivity contribution in [2.24, 2.45) is 0 Å². The molecular weight excluding hydrogens is 348 g/mol. The summed E-state index contributed by atoms with van der Waals surface area (Å²) in [6.07, 6.45) is 0. The van der Waals surface area contributed by atoms with E-state index in [0.717, 1.165) is 43.1 Å². The molecule has 0 aliphatic carbocycles. The molecule has 0 aromatic carbocycles. The number of nitrogens with one attached hydrogen (secondary N) is 1. The summed E-state index contributed by atoms with van der Waals surface area (Å²) in [6.45, 7) is 5.58. The van der Waals surface area contributed by atoms with Crippen LogP contribution in [0.3, 0.4) is 0 Å². The minimum atomic E-state index is -0.392. The van der Waals surface area contributed by atoms with Crippen LogP contribution in [-0.2, 0) is 0 Å². The predicted octanol–water partition coefficient (Wildman–Crippen LogP) is 2.45. The molecule has 0 radical (unpaired) electrons. The maximum Gasteiger partial charge on any atom is 0.347 e. The highest BCUT2D eigenvalue weighted by Crippen LogP contribution is 2.25. The van der Waals surface area contributed by atoms with Gasteiger partial charge in [-0.15, -0.1) is 23.7 Å². The molecule has 4 heterocycles. The normalized spacial score (nSPS) is 14.6. The molecule has 1 aliphatic heterocycles. The fourth-order valence-corrected chi connectivity index (χ4v) is 3.49. The lowest BCUT2D eigenvalue weighted by Gasteiger charge is -2.28. The molecule has 0 saturated carbocycles. The van der Waals surface area contributed by atoms with E-state index in [9.17, 15) is 4.79 Å². The number of nitrogens with zero attached hydrogens (tertiary/aromatic N) is 3. The fraction of sp³-hybridized carbons (Fsp3) is 0.312. The van der Waals surface area contributed by atoms with Crippen molar-refractivity contribution in [2.45, 2.75) is 6.92 Å². The maximum atomic E-state index is 12.3. The summed E-state index contributed by atoms with van der Waals surface area (Å²) in [6, 6.07) is 5.74. The van der Waals surface area contributed by atoms with E-state index in [1.54, 1.807) is 0 Å². The number of piperazine rings is 1. The van der Waals surface area contributed by atoms with E-state index in [1.807, 2.05) is 30.5 Å². The van der Waals surface area contributed by atoms with Gasteiger partial charge in [-0.25, -0.2) is 9.78 Å². The Morgan fingerprint density at radius 1 is 1.25 bits per heavy atom. The lowest BCUT2D eigenvalue weighted by Crippen LogP contribution is -2.43. The zero-order valence-electron chi connectivity index (χ0n) is 13.1. The second-order valence-corrected chi connectivity index (χ2v) is 6.40. The van der Waals surface area contributed by atoms with Crippen LogP contribution in [0.15, 0.2) is 32.8 Å². The van der Waals surface area contributed by atoms with Gasteiger partial charge in [-0.1, -0.05) is 0 Å². The fourth-order valence-electron chi connectivity index (χ4n) is 2.69. The first-order valence-corrected chi connectivity index (χ1v) is 8.42. The molecule has 4 rings (SSSR count). The van der Waals surface area contributed by atoms with Gasteiger partial charge in [-0.3, -0.25) is 0 Å². The molecule has 126 valence electrons. The van der Waals surface area contributed by atoms with Gasteiger partial charge < -0.3 is 14.6 Å². The quantitative estimate of drug-likeness (QED) is 0.753. The maximum absolute atomic E-state index is 12.3. The molecule has 3 aromatic rings. The molecule has 3 aromatic heterocycles. The van der Waals surface area contributed by atoms with Crippen LogP contribution in [0.1, 0.15) is 5.69 Å². The van der Waals surface area contributed by atoms with Gasteiger partial charge in [0.2, 0.25) is 5.71 Å². The van der Waals surface area contributed by atoms with E-state index in [1.165, 1.54) is 11.3 Å². The van der Waals surface area contributed by atoms with Crippen LogP contribution in [0.5, 0.6) is 0 Å². The third kappa shape index (κ3) is 3.15. The molecule has 0 amide bonds. The third-order valence-electron chi connectivity index (χ3n) is 3.87. The van der Waals surface area contributed by atoms with Crippen LogP contribution in [0.2, 0.25) is 0 Å².